The van der Waals surface area contributed by atoms with Crippen LogP contribution >= 0.6 is 0 Å². The largest absolute Gasteiger partial charge is 0.497 e. The molecule has 5 nitrogen and oxygen atoms in total. The van der Waals surface area contributed by atoms with Crippen LogP contribution in [0, 0.1) is 0 Å². The maximum absolute atomic E-state index is 10.9. The van der Waals surface area contributed by atoms with Gasteiger partial charge in [0.05, 0.1) is 13.7 Å². The first-order valence-corrected chi connectivity index (χ1v) is 4.84. The Hall–Kier alpha value is -1.75. The molecule has 0 heterocycles. The summed E-state index contributed by atoms with van der Waals surface area (Å²) in [6.07, 6.45) is 0.463. The Labute approximate surface area is 93.2 Å². The number of carboxylic acid groups (broad SMARTS) is 1. The molecule has 0 saturated carbocycles. The van der Waals surface area contributed by atoms with Gasteiger partial charge in [0.15, 0.2) is 0 Å². The van der Waals surface area contributed by atoms with Gasteiger partial charge >= 0.3 is 5.97 Å². The van der Waals surface area contributed by atoms with Gasteiger partial charge in [-0.1, -0.05) is 0 Å². The van der Waals surface area contributed by atoms with Crippen molar-refractivity contribution in [2.75, 3.05) is 20.3 Å². The van der Waals surface area contributed by atoms with E-state index in [2.05, 4.69) is 0 Å². The van der Waals surface area contributed by atoms with E-state index >= 15 is 0 Å². The first kappa shape index (κ1) is 12.3. The van der Waals surface area contributed by atoms with Gasteiger partial charge in [-0.2, -0.15) is 0 Å². The number of rotatable bonds is 6. The highest BCUT2D eigenvalue weighted by molar-refractivity contribution is 5.91. The van der Waals surface area contributed by atoms with Crippen LogP contribution in [0.4, 0.5) is 0 Å². The zero-order valence-corrected chi connectivity index (χ0v) is 8.97. The Balaban J connectivity index is 2.85. The van der Waals surface area contributed by atoms with E-state index < -0.39 is 5.97 Å². The molecule has 1 rings (SSSR count). The predicted molar refractivity (Wildman–Crippen MR) is 57.2 cm³/mol. The number of ether oxygens (including phenoxy) is 2. The van der Waals surface area contributed by atoms with Gasteiger partial charge in [-0.05, 0) is 18.2 Å². The summed E-state index contributed by atoms with van der Waals surface area (Å²) >= 11 is 0. The average Bonchev–Trinajstić information content (AvgIpc) is 2.29. The number of hydrogen-bond acceptors (Lipinski definition) is 4. The van der Waals surface area contributed by atoms with E-state index in [4.69, 9.17) is 19.7 Å². The molecule has 0 saturated heterocycles. The highest BCUT2D eigenvalue weighted by atomic mass is 16.5. The van der Waals surface area contributed by atoms with Crippen molar-refractivity contribution in [1.82, 2.24) is 0 Å². The fourth-order valence-electron chi connectivity index (χ4n) is 1.18. The molecule has 0 bridgehead atoms. The molecule has 1 aromatic rings. The Bertz CT molecular complexity index is 361. The predicted octanol–water partition coefficient (Wildman–Crippen LogP) is 1.15. The number of aliphatic hydroxyl groups is 1. The fourth-order valence-corrected chi connectivity index (χ4v) is 1.18. The summed E-state index contributed by atoms with van der Waals surface area (Å²) in [5.74, 6) is -0.327. The minimum absolute atomic E-state index is 0.0125. The Morgan fingerprint density at radius 1 is 1.44 bits per heavy atom. The molecule has 0 aromatic heterocycles. The number of carbonyl (C=O) groups is 1. The van der Waals surface area contributed by atoms with Crippen molar-refractivity contribution in [2.24, 2.45) is 0 Å². The number of aliphatic hydroxyl groups excluding tert-OH is 1. The third kappa shape index (κ3) is 3.13. The van der Waals surface area contributed by atoms with Gasteiger partial charge in [-0.25, -0.2) is 4.79 Å². The molecule has 88 valence electrons. The monoisotopic (exact) mass is 226 g/mol. The lowest BCUT2D eigenvalue weighted by atomic mass is 10.2. The minimum atomic E-state index is -1.07. The zero-order chi connectivity index (χ0) is 12.0. The van der Waals surface area contributed by atoms with E-state index in [0.29, 0.717) is 12.2 Å². The minimum Gasteiger partial charge on any atom is -0.497 e. The summed E-state index contributed by atoms with van der Waals surface area (Å²) in [7, 11) is 1.47. The molecule has 0 radical (unpaired) electrons. The van der Waals surface area contributed by atoms with Gasteiger partial charge < -0.3 is 19.7 Å². The van der Waals surface area contributed by atoms with Crippen molar-refractivity contribution >= 4 is 5.97 Å². The standard InChI is InChI=1S/C11H14O5/c1-15-8-3-4-10(16-6-2-5-12)9(7-8)11(13)14/h3-4,7,12H,2,5-6H2,1H3,(H,13,14). The van der Waals surface area contributed by atoms with Crippen molar-refractivity contribution in [3.05, 3.63) is 23.8 Å². The smallest absolute Gasteiger partial charge is 0.339 e. The van der Waals surface area contributed by atoms with Crippen LogP contribution in [0.3, 0.4) is 0 Å². The maximum atomic E-state index is 10.9. The Kier molecular flexibility index (Phi) is 4.60. The van der Waals surface area contributed by atoms with Crippen LogP contribution < -0.4 is 9.47 Å². The summed E-state index contributed by atoms with van der Waals surface area (Å²) in [6.45, 7) is 0.293. The molecule has 0 aliphatic rings. The van der Waals surface area contributed by atoms with E-state index in [1.807, 2.05) is 0 Å². The highest BCUT2D eigenvalue weighted by Gasteiger charge is 2.12. The van der Waals surface area contributed by atoms with Crippen LogP contribution in [0.1, 0.15) is 16.8 Å². The van der Waals surface area contributed by atoms with Crippen LogP contribution in [-0.2, 0) is 0 Å². The zero-order valence-electron chi connectivity index (χ0n) is 8.97. The molecule has 5 heteroatoms. The number of aromatic carboxylic acids is 1. The van der Waals surface area contributed by atoms with Crippen LogP contribution in [-0.4, -0.2) is 36.5 Å². The summed E-state index contributed by atoms with van der Waals surface area (Å²) in [4.78, 5) is 10.9. The van der Waals surface area contributed by atoms with E-state index in [1.54, 1.807) is 12.1 Å². The topological polar surface area (TPSA) is 76.0 Å². The van der Waals surface area contributed by atoms with E-state index in [9.17, 15) is 4.79 Å². The normalized spacial score (nSPS) is 9.88. The summed E-state index contributed by atoms with van der Waals surface area (Å²) in [5.41, 5.74) is 0.0530. The lowest BCUT2D eigenvalue weighted by molar-refractivity contribution is 0.0691. The molecular formula is C11H14O5. The summed E-state index contributed by atoms with van der Waals surface area (Å²) in [6, 6.07) is 4.57. The molecule has 0 amide bonds. The van der Waals surface area contributed by atoms with Crippen LogP contribution in [0.15, 0.2) is 18.2 Å². The van der Waals surface area contributed by atoms with E-state index in [0.717, 1.165) is 0 Å². The van der Waals surface area contributed by atoms with Crippen molar-refractivity contribution < 1.29 is 24.5 Å². The Morgan fingerprint density at radius 2 is 2.19 bits per heavy atom. The van der Waals surface area contributed by atoms with Crippen LogP contribution in [0.25, 0.3) is 0 Å². The van der Waals surface area contributed by atoms with E-state index in [-0.39, 0.29) is 24.5 Å². The molecule has 16 heavy (non-hydrogen) atoms. The van der Waals surface area contributed by atoms with Gasteiger partial charge in [0.25, 0.3) is 0 Å². The van der Waals surface area contributed by atoms with E-state index in [1.165, 1.54) is 13.2 Å². The lowest BCUT2D eigenvalue weighted by Crippen LogP contribution is -2.05. The first-order valence-electron chi connectivity index (χ1n) is 4.84. The number of hydrogen-bond donors (Lipinski definition) is 2. The van der Waals surface area contributed by atoms with Gasteiger partial charge in [0.2, 0.25) is 0 Å². The fraction of sp³-hybridized carbons (Fsp3) is 0.364. The molecule has 0 spiro atoms. The molecular weight excluding hydrogens is 212 g/mol. The quantitative estimate of drug-likeness (QED) is 0.712. The molecule has 0 unspecified atom stereocenters. The third-order valence-corrected chi connectivity index (χ3v) is 1.98. The average molecular weight is 226 g/mol. The van der Waals surface area contributed by atoms with Crippen molar-refractivity contribution in [1.29, 1.82) is 0 Å². The van der Waals surface area contributed by atoms with Crippen LogP contribution in [0.5, 0.6) is 11.5 Å². The van der Waals surface area contributed by atoms with Gasteiger partial charge in [-0.15, -0.1) is 0 Å². The highest BCUT2D eigenvalue weighted by Crippen LogP contribution is 2.24. The van der Waals surface area contributed by atoms with Crippen molar-refractivity contribution in [3.63, 3.8) is 0 Å². The molecule has 0 fully saturated rings. The van der Waals surface area contributed by atoms with Gasteiger partial charge in [0, 0.05) is 13.0 Å². The second-order valence-corrected chi connectivity index (χ2v) is 3.09. The number of methoxy groups -OCH3 is 1. The molecule has 2 N–H and O–H groups in total. The molecule has 0 atom stereocenters. The lowest BCUT2D eigenvalue weighted by Gasteiger charge is -2.09. The van der Waals surface area contributed by atoms with Gasteiger partial charge in [0.1, 0.15) is 17.1 Å². The number of carboxylic acids is 1. The second kappa shape index (κ2) is 5.97. The third-order valence-electron chi connectivity index (χ3n) is 1.98. The second-order valence-electron chi connectivity index (χ2n) is 3.09. The maximum Gasteiger partial charge on any atom is 0.339 e. The number of benzene rings is 1. The molecule has 0 aliphatic carbocycles. The van der Waals surface area contributed by atoms with Gasteiger partial charge in [-0.3, -0.25) is 0 Å². The first-order chi connectivity index (χ1) is 7.69. The van der Waals surface area contributed by atoms with Crippen molar-refractivity contribution in [3.8, 4) is 11.5 Å². The molecule has 0 aliphatic heterocycles. The van der Waals surface area contributed by atoms with Crippen molar-refractivity contribution in [2.45, 2.75) is 6.42 Å². The SMILES string of the molecule is COc1ccc(OCCCO)c(C(=O)O)c1. The Morgan fingerprint density at radius 3 is 2.75 bits per heavy atom. The molecule has 1 aromatic carbocycles. The summed E-state index contributed by atoms with van der Waals surface area (Å²) < 4.78 is 10.2. The van der Waals surface area contributed by atoms with Crippen LogP contribution in [0.2, 0.25) is 0 Å². The summed E-state index contributed by atoms with van der Waals surface area (Å²) in [5, 5.41) is 17.5.